The monoisotopic (exact) mass is 371 g/mol. The average molecular weight is 372 g/mol. The highest BCUT2D eigenvalue weighted by Crippen LogP contribution is 2.60. The first kappa shape index (κ1) is 17.8. The van der Waals surface area contributed by atoms with E-state index in [4.69, 9.17) is 12.2 Å². The topological polar surface area (TPSA) is 56.7 Å². The summed E-state index contributed by atoms with van der Waals surface area (Å²) in [7, 11) is 1.75. The third-order valence-corrected chi connectivity index (χ3v) is 7.55. The molecular weight excluding hydrogens is 342 g/mol. The first-order valence-electron chi connectivity index (χ1n) is 9.88. The minimum atomic E-state index is 0.310. The molecule has 1 aromatic carbocycles. The fraction of sp³-hybridized carbons (Fsp3) is 0.619. The van der Waals surface area contributed by atoms with Crippen molar-refractivity contribution < 1.29 is 5.11 Å². The summed E-state index contributed by atoms with van der Waals surface area (Å²) in [6, 6.07) is 4.14. The largest absolute Gasteiger partial charge is 0.507 e. The van der Waals surface area contributed by atoms with Gasteiger partial charge in [-0.15, -0.1) is 0 Å². The van der Waals surface area contributed by atoms with Gasteiger partial charge in [0.15, 0.2) is 5.11 Å². The second-order valence-electron chi connectivity index (χ2n) is 8.56. The van der Waals surface area contributed by atoms with Gasteiger partial charge in [0.05, 0.1) is 6.21 Å². The van der Waals surface area contributed by atoms with E-state index in [1.807, 2.05) is 6.07 Å². The number of aromatic hydroxyl groups is 1. The maximum absolute atomic E-state index is 10.4. The van der Waals surface area contributed by atoms with Crippen LogP contribution in [0, 0.1) is 17.3 Å². The smallest absolute Gasteiger partial charge is 0.186 e. The van der Waals surface area contributed by atoms with Crippen LogP contribution in [0.3, 0.4) is 0 Å². The molecule has 4 nitrogen and oxygen atoms in total. The first-order valence-corrected chi connectivity index (χ1v) is 10.3. The molecule has 140 valence electrons. The van der Waals surface area contributed by atoms with Crippen LogP contribution in [0.4, 0.5) is 0 Å². The summed E-state index contributed by atoms with van der Waals surface area (Å²) in [4.78, 5) is 0. The molecule has 0 aliphatic heterocycles. The second kappa shape index (κ2) is 6.84. The number of rotatable bonds is 2. The molecule has 0 unspecified atom stereocenters. The third kappa shape index (κ3) is 3.00. The number of hydrogen-bond donors (Lipinski definition) is 3. The highest BCUT2D eigenvalue weighted by Gasteiger charge is 2.50. The molecule has 26 heavy (non-hydrogen) atoms. The van der Waals surface area contributed by atoms with Gasteiger partial charge >= 0.3 is 0 Å². The van der Waals surface area contributed by atoms with E-state index in [1.54, 1.807) is 13.3 Å². The molecule has 3 aliphatic carbocycles. The number of phenolic OH excluding ortho intramolecular Hbond substituents is 1. The van der Waals surface area contributed by atoms with Gasteiger partial charge in [0, 0.05) is 12.6 Å². The number of fused-ring (bicyclic) bond motifs is 5. The van der Waals surface area contributed by atoms with Crippen molar-refractivity contribution in [2.45, 2.75) is 57.8 Å². The minimum absolute atomic E-state index is 0.310. The second-order valence-corrected chi connectivity index (χ2v) is 8.97. The maximum atomic E-state index is 10.4. The number of hydrogen-bond acceptors (Lipinski definition) is 3. The molecule has 3 aliphatic rings. The molecule has 5 heteroatoms. The molecule has 0 radical (unpaired) electrons. The standard InChI is InChI=1S/C21H29N3OS/c1-21-8-3-4-18(21)16-6-5-13-11-19(25)14(12-23-24-20(26)22-2)10-17(13)15(16)7-9-21/h10-12,15-16,18,25H,3-9H2,1-2H3,(H2,22,24,26)/t15-,16+,18-,21-/m0/s1. The van der Waals surface area contributed by atoms with Crippen molar-refractivity contribution >= 4 is 23.5 Å². The lowest BCUT2D eigenvalue weighted by Gasteiger charge is -2.49. The SMILES string of the molecule is CNC(=S)NN=Cc1cc2c(cc1O)CC[C@@H]1[C@@H]2CC[C@]2(C)CCC[C@@H]12. The van der Waals surface area contributed by atoms with Crippen LogP contribution in [0.25, 0.3) is 0 Å². The highest BCUT2D eigenvalue weighted by molar-refractivity contribution is 7.80. The van der Waals surface area contributed by atoms with Crippen LogP contribution in [-0.4, -0.2) is 23.5 Å². The van der Waals surface area contributed by atoms with E-state index in [2.05, 4.69) is 28.8 Å². The normalized spacial score (nSPS) is 32.6. The summed E-state index contributed by atoms with van der Waals surface area (Å²) in [6.45, 7) is 2.53. The van der Waals surface area contributed by atoms with Crippen molar-refractivity contribution in [1.29, 1.82) is 0 Å². The molecular formula is C21H29N3OS. The molecule has 2 saturated carbocycles. The number of phenols is 1. The lowest BCUT2D eigenvalue weighted by molar-refractivity contribution is 0.0598. The predicted molar refractivity (Wildman–Crippen MR) is 110 cm³/mol. The van der Waals surface area contributed by atoms with Crippen molar-refractivity contribution in [3.05, 3.63) is 28.8 Å². The Bertz CT molecular complexity index is 747. The van der Waals surface area contributed by atoms with Gasteiger partial charge in [-0.05, 0) is 97.2 Å². The summed E-state index contributed by atoms with van der Waals surface area (Å²) in [6.07, 6.45) is 10.9. The molecule has 0 spiro atoms. The van der Waals surface area contributed by atoms with Gasteiger partial charge < -0.3 is 10.4 Å². The summed E-state index contributed by atoms with van der Waals surface area (Å²) in [5.41, 5.74) is 6.89. The lowest BCUT2D eigenvalue weighted by atomic mass is 9.56. The van der Waals surface area contributed by atoms with Crippen LogP contribution >= 0.6 is 12.2 Å². The van der Waals surface area contributed by atoms with Crippen LogP contribution in [0.15, 0.2) is 17.2 Å². The van der Waals surface area contributed by atoms with Crippen LogP contribution in [0.5, 0.6) is 5.75 Å². The molecule has 4 rings (SSSR count). The van der Waals surface area contributed by atoms with E-state index >= 15 is 0 Å². The number of aryl methyl sites for hydroxylation is 1. The number of nitrogens with one attached hydrogen (secondary N) is 2. The van der Waals surface area contributed by atoms with Crippen LogP contribution in [0.2, 0.25) is 0 Å². The van der Waals surface area contributed by atoms with E-state index in [0.29, 0.717) is 22.2 Å². The summed E-state index contributed by atoms with van der Waals surface area (Å²) in [5.74, 6) is 2.65. The summed E-state index contributed by atoms with van der Waals surface area (Å²) in [5, 5.41) is 17.8. The van der Waals surface area contributed by atoms with E-state index in [-0.39, 0.29) is 0 Å². The van der Waals surface area contributed by atoms with Crippen molar-refractivity contribution in [1.82, 2.24) is 10.7 Å². The molecule has 3 N–H and O–H groups in total. The first-order chi connectivity index (χ1) is 12.5. The van der Waals surface area contributed by atoms with Crippen LogP contribution < -0.4 is 10.7 Å². The van der Waals surface area contributed by atoms with Gasteiger partial charge in [-0.1, -0.05) is 13.3 Å². The zero-order valence-electron chi connectivity index (χ0n) is 15.7. The molecule has 0 heterocycles. The Kier molecular flexibility index (Phi) is 4.68. The quantitative estimate of drug-likeness (QED) is 0.417. The van der Waals surface area contributed by atoms with Crippen molar-refractivity contribution in [2.75, 3.05) is 7.05 Å². The van der Waals surface area contributed by atoms with E-state index in [0.717, 1.165) is 23.8 Å². The van der Waals surface area contributed by atoms with Crippen molar-refractivity contribution in [3.63, 3.8) is 0 Å². The molecule has 0 saturated heterocycles. The van der Waals surface area contributed by atoms with Crippen molar-refractivity contribution in [3.8, 4) is 5.75 Å². The maximum Gasteiger partial charge on any atom is 0.186 e. The number of thiocarbonyl (C=S) groups is 1. The van der Waals surface area contributed by atoms with E-state index in [1.165, 1.54) is 49.7 Å². The van der Waals surface area contributed by atoms with Crippen LogP contribution in [-0.2, 0) is 6.42 Å². The third-order valence-electron chi connectivity index (χ3n) is 7.25. The Labute approximate surface area is 161 Å². The van der Waals surface area contributed by atoms with Gasteiger partial charge in [0.1, 0.15) is 5.75 Å². The summed E-state index contributed by atoms with van der Waals surface area (Å²) >= 11 is 5.03. The Balaban J connectivity index is 1.61. The van der Waals surface area contributed by atoms with Crippen LogP contribution in [0.1, 0.15) is 68.1 Å². The lowest BCUT2D eigenvalue weighted by Crippen LogP contribution is -2.39. The summed E-state index contributed by atoms with van der Waals surface area (Å²) < 4.78 is 0. The van der Waals surface area contributed by atoms with Gasteiger partial charge in [0.25, 0.3) is 0 Å². The Morgan fingerprint density at radius 1 is 1.31 bits per heavy atom. The number of nitrogens with zero attached hydrogens (tertiary/aromatic N) is 1. The Morgan fingerprint density at radius 2 is 2.15 bits per heavy atom. The number of hydrazone groups is 1. The van der Waals surface area contributed by atoms with Gasteiger partial charge in [-0.3, -0.25) is 5.43 Å². The van der Waals surface area contributed by atoms with E-state index in [9.17, 15) is 5.11 Å². The zero-order chi connectivity index (χ0) is 18.3. The average Bonchev–Trinajstić information content (AvgIpc) is 3.03. The fourth-order valence-corrected chi connectivity index (χ4v) is 5.99. The molecule has 2 fully saturated rings. The molecule has 0 bridgehead atoms. The fourth-order valence-electron chi connectivity index (χ4n) is 5.94. The minimum Gasteiger partial charge on any atom is -0.507 e. The molecule has 4 atom stereocenters. The molecule has 1 aromatic rings. The number of benzene rings is 1. The van der Waals surface area contributed by atoms with Crippen molar-refractivity contribution in [2.24, 2.45) is 22.4 Å². The van der Waals surface area contributed by atoms with Gasteiger partial charge in [0.2, 0.25) is 0 Å². The van der Waals surface area contributed by atoms with Gasteiger partial charge in [-0.2, -0.15) is 5.10 Å². The Morgan fingerprint density at radius 3 is 2.96 bits per heavy atom. The van der Waals surface area contributed by atoms with Gasteiger partial charge in [-0.25, -0.2) is 0 Å². The molecule has 0 aromatic heterocycles. The highest BCUT2D eigenvalue weighted by atomic mass is 32.1. The van der Waals surface area contributed by atoms with E-state index < -0.39 is 0 Å². The molecule has 0 amide bonds. The zero-order valence-corrected chi connectivity index (χ0v) is 16.5. The Hall–Kier alpha value is -1.62. The predicted octanol–water partition coefficient (Wildman–Crippen LogP) is 4.07.